The fourth-order valence-electron chi connectivity index (χ4n) is 3.18. The summed E-state index contributed by atoms with van der Waals surface area (Å²) in [5, 5.41) is 0. The van der Waals surface area contributed by atoms with Crippen molar-refractivity contribution in [2.45, 2.75) is 19.4 Å². The van der Waals surface area contributed by atoms with Crippen LogP contribution in [0.4, 0.5) is 4.39 Å². The quantitative estimate of drug-likeness (QED) is 0.513. The Morgan fingerprint density at radius 1 is 1.18 bits per heavy atom. The molecule has 2 aromatic carbocycles. The van der Waals surface area contributed by atoms with Gasteiger partial charge in [0, 0.05) is 23.3 Å². The maximum atomic E-state index is 14.1. The van der Waals surface area contributed by atoms with Crippen LogP contribution in [0.5, 0.6) is 5.75 Å². The molecule has 5 nitrogen and oxygen atoms in total. The molecule has 6 heteroatoms. The fraction of sp³-hybridized carbons (Fsp3) is 0.182. The second-order valence-corrected chi connectivity index (χ2v) is 6.48. The van der Waals surface area contributed by atoms with E-state index in [9.17, 15) is 9.18 Å². The van der Waals surface area contributed by atoms with Crippen LogP contribution in [-0.4, -0.2) is 13.1 Å². The van der Waals surface area contributed by atoms with Gasteiger partial charge in [0.25, 0.3) is 0 Å². The highest BCUT2D eigenvalue weighted by Gasteiger charge is 2.26. The Morgan fingerprint density at radius 3 is 2.64 bits per heavy atom. The Labute approximate surface area is 161 Å². The Bertz CT molecular complexity index is 989. The van der Waals surface area contributed by atoms with Gasteiger partial charge in [0.2, 0.25) is 6.29 Å². The van der Waals surface area contributed by atoms with E-state index < -0.39 is 12.3 Å². The molecule has 0 amide bonds. The van der Waals surface area contributed by atoms with Crippen molar-refractivity contribution in [3.8, 4) is 5.75 Å². The molecule has 0 aliphatic carbocycles. The smallest absolute Gasteiger partial charge is 0.338 e. The number of carbonyl (C=O) groups is 1. The molecule has 0 fully saturated rings. The van der Waals surface area contributed by atoms with Crippen LogP contribution in [0.2, 0.25) is 0 Å². The van der Waals surface area contributed by atoms with Crippen LogP contribution in [0.25, 0.3) is 0 Å². The number of rotatable bonds is 4. The number of halogens is 1. The number of benzene rings is 2. The van der Waals surface area contributed by atoms with Gasteiger partial charge in [0.15, 0.2) is 18.9 Å². The third kappa shape index (κ3) is 3.73. The molecule has 2 heterocycles. The van der Waals surface area contributed by atoms with Crippen molar-refractivity contribution in [2.75, 3.05) is 7.11 Å². The van der Waals surface area contributed by atoms with E-state index in [0.29, 0.717) is 29.0 Å². The number of aromatic nitrogens is 1. The molecule has 0 bridgehead atoms. The van der Waals surface area contributed by atoms with Crippen molar-refractivity contribution < 1.29 is 28.0 Å². The lowest BCUT2D eigenvalue weighted by atomic mass is 10.1. The maximum absolute atomic E-state index is 14.1. The first-order valence-electron chi connectivity index (χ1n) is 8.86. The van der Waals surface area contributed by atoms with Crippen LogP contribution in [-0.2, 0) is 22.6 Å². The lowest BCUT2D eigenvalue weighted by Gasteiger charge is -2.28. The number of pyridine rings is 1. The number of nitrogens with zero attached hydrogens (tertiary/aromatic N) is 1. The summed E-state index contributed by atoms with van der Waals surface area (Å²) in [7, 11) is 1.34. The number of hydrogen-bond acceptors (Lipinski definition) is 4. The van der Waals surface area contributed by atoms with Gasteiger partial charge >= 0.3 is 5.97 Å². The molecule has 3 aromatic rings. The number of fused-ring (bicyclic) bond motifs is 1. The zero-order valence-corrected chi connectivity index (χ0v) is 15.3. The molecule has 28 heavy (non-hydrogen) atoms. The van der Waals surface area contributed by atoms with Crippen molar-refractivity contribution >= 4 is 5.97 Å². The topological polar surface area (TPSA) is 48.6 Å². The van der Waals surface area contributed by atoms with Crippen LogP contribution < -0.4 is 9.30 Å². The van der Waals surface area contributed by atoms with Gasteiger partial charge in [-0.2, -0.15) is 0 Å². The Balaban J connectivity index is 1.62. The van der Waals surface area contributed by atoms with Gasteiger partial charge < -0.3 is 14.2 Å². The van der Waals surface area contributed by atoms with Crippen molar-refractivity contribution in [1.29, 1.82) is 0 Å². The fourth-order valence-corrected chi connectivity index (χ4v) is 3.18. The molecule has 0 saturated carbocycles. The Kier molecular flexibility index (Phi) is 5.04. The molecule has 1 atom stereocenters. The average Bonchev–Trinajstić information content (AvgIpc) is 2.74. The molecule has 0 radical (unpaired) electrons. The van der Waals surface area contributed by atoms with Crippen LogP contribution >= 0.6 is 0 Å². The van der Waals surface area contributed by atoms with Gasteiger partial charge in [0.05, 0.1) is 24.8 Å². The second-order valence-electron chi connectivity index (χ2n) is 6.48. The van der Waals surface area contributed by atoms with Crippen molar-refractivity contribution in [3.63, 3.8) is 0 Å². The average molecular weight is 380 g/mol. The van der Waals surface area contributed by atoms with Gasteiger partial charge in [-0.15, -0.1) is 0 Å². The molecule has 1 aromatic heterocycles. The van der Waals surface area contributed by atoms with Gasteiger partial charge in [0.1, 0.15) is 11.6 Å². The summed E-state index contributed by atoms with van der Waals surface area (Å²) in [6.07, 6.45) is 2.96. The largest absolute Gasteiger partial charge is 0.465 e. The van der Waals surface area contributed by atoms with E-state index in [1.807, 2.05) is 34.9 Å². The first-order chi connectivity index (χ1) is 13.6. The summed E-state index contributed by atoms with van der Waals surface area (Å²) < 4.78 is 32.5. The molecule has 0 unspecified atom stereocenters. The zero-order chi connectivity index (χ0) is 19.5. The van der Waals surface area contributed by atoms with Crippen molar-refractivity contribution in [2.24, 2.45) is 0 Å². The minimum atomic E-state index is -0.537. The molecular weight excluding hydrogens is 361 g/mol. The SMILES string of the molecule is COC(=O)c1cc[n+](Cc2cc(F)cc3c2O[C@@H](c2ccccc2)OC3)cc1. The number of esters is 1. The summed E-state index contributed by atoms with van der Waals surface area (Å²) in [6.45, 7) is 0.661. The Morgan fingerprint density at radius 2 is 1.93 bits per heavy atom. The van der Waals surface area contributed by atoms with Crippen LogP contribution in [0.1, 0.15) is 33.3 Å². The standard InChI is InChI=1S/C22H19FNO4/c1-26-21(25)15-7-9-24(10-8-15)13-17-11-19(23)12-18-14-27-22(28-20(17)18)16-5-3-2-4-6-16/h2-12,22H,13-14H2,1H3/q+1/t22-/m0/s1. The third-order valence-corrected chi connectivity index (χ3v) is 4.56. The maximum Gasteiger partial charge on any atom is 0.338 e. The highest BCUT2D eigenvalue weighted by molar-refractivity contribution is 5.88. The summed E-state index contributed by atoms with van der Waals surface area (Å²) >= 11 is 0. The van der Waals surface area contributed by atoms with Gasteiger partial charge in [-0.1, -0.05) is 30.3 Å². The summed E-state index contributed by atoms with van der Waals surface area (Å²) in [5.74, 6) is -0.113. The Hall–Kier alpha value is -3.25. The lowest BCUT2D eigenvalue weighted by molar-refractivity contribution is -0.688. The van der Waals surface area contributed by atoms with Gasteiger partial charge in [-0.3, -0.25) is 0 Å². The number of carbonyl (C=O) groups excluding carboxylic acids is 1. The summed E-state index contributed by atoms with van der Waals surface area (Å²) in [4.78, 5) is 11.6. The minimum Gasteiger partial charge on any atom is -0.465 e. The summed E-state index contributed by atoms with van der Waals surface area (Å²) in [6, 6.07) is 15.8. The second kappa shape index (κ2) is 7.78. The van der Waals surface area contributed by atoms with Gasteiger partial charge in [-0.05, 0) is 12.1 Å². The van der Waals surface area contributed by atoms with Crippen LogP contribution in [0.3, 0.4) is 0 Å². The van der Waals surface area contributed by atoms with E-state index in [-0.39, 0.29) is 12.4 Å². The molecule has 1 aliphatic heterocycles. The highest BCUT2D eigenvalue weighted by atomic mass is 19.1. The third-order valence-electron chi connectivity index (χ3n) is 4.56. The number of methoxy groups -OCH3 is 1. The molecule has 1 aliphatic rings. The zero-order valence-electron chi connectivity index (χ0n) is 15.3. The van der Waals surface area contributed by atoms with E-state index in [2.05, 4.69) is 0 Å². The number of hydrogen-bond donors (Lipinski definition) is 0. The molecule has 142 valence electrons. The highest BCUT2D eigenvalue weighted by Crippen LogP contribution is 2.36. The summed E-state index contributed by atoms with van der Waals surface area (Å²) in [5.41, 5.74) is 2.73. The predicted octanol–water partition coefficient (Wildman–Crippen LogP) is 3.56. The normalized spacial score (nSPS) is 15.4. The first kappa shape index (κ1) is 18.1. The molecule has 4 rings (SSSR count). The number of ether oxygens (including phenoxy) is 3. The van der Waals surface area contributed by atoms with Crippen LogP contribution in [0, 0.1) is 5.82 Å². The monoisotopic (exact) mass is 380 g/mol. The van der Waals surface area contributed by atoms with Crippen molar-refractivity contribution in [1.82, 2.24) is 0 Å². The molecule has 0 spiro atoms. The van der Waals surface area contributed by atoms with E-state index >= 15 is 0 Å². The van der Waals surface area contributed by atoms with Crippen molar-refractivity contribution in [3.05, 3.63) is 95.1 Å². The first-order valence-corrected chi connectivity index (χ1v) is 8.86. The molecule has 0 N–H and O–H groups in total. The molecule has 0 saturated heterocycles. The van der Waals surface area contributed by atoms with Crippen LogP contribution in [0.15, 0.2) is 67.0 Å². The lowest BCUT2D eigenvalue weighted by Crippen LogP contribution is -2.34. The van der Waals surface area contributed by atoms with E-state index in [1.54, 1.807) is 24.5 Å². The van der Waals surface area contributed by atoms with E-state index in [1.165, 1.54) is 19.2 Å². The minimum absolute atomic E-state index is 0.269. The van der Waals surface area contributed by atoms with E-state index in [4.69, 9.17) is 14.2 Å². The predicted molar refractivity (Wildman–Crippen MR) is 98.1 cm³/mol. The molecular formula is C22H19FNO4+. The van der Waals surface area contributed by atoms with E-state index in [0.717, 1.165) is 5.56 Å². The van der Waals surface area contributed by atoms with Gasteiger partial charge in [-0.25, -0.2) is 13.8 Å².